The molecule has 0 spiro atoms. The van der Waals surface area contributed by atoms with Gasteiger partial charge in [0.05, 0.1) is 12.1 Å². The van der Waals surface area contributed by atoms with Crippen molar-refractivity contribution in [3.63, 3.8) is 0 Å². The van der Waals surface area contributed by atoms with Crippen LogP contribution in [0.25, 0.3) is 0 Å². The van der Waals surface area contributed by atoms with Crippen LogP contribution in [0.2, 0.25) is 0 Å². The van der Waals surface area contributed by atoms with Crippen LogP contribution in [-0.2, 0) is 11.2 Å². The fourth-order valence-corrected chi connectivity index (χ4v) is 2.33. The van der Waals surface area contributed by atoms with E-state index < -0.39 is 5.91 Å². The summed E-state index contributed by atoms with van der Waals surface area (Å²) in [6.45, 7) is 0. The van der Waals surface area contributed by atoms with Crippen LogP contribution in [0.5, 0.6) is 0 Å². The first-order valence-electron chi connectivity index (χ1n) is 5.97. The van der Waals surface area contributed by atoms with Crippen LogP contribution in [-0.4, -0.2) is 11.8 Å². The highest BCUT2D eigenvalue weighted by Gasteiger charge is 2.28. The van der Waals surface area contributed by atoms with Gasteiger partial charge in [0.2, 0.25) is 11.8 Å². The van der Waals surface area contributed by atoms with Crippen molar-refractivity contribution in [2.24, 2.45) is 5.73 Å². The smallest absolute Gasteiger partial charge is 0.248 e. The lowest BCUT2D eigenvalue weighted by Gasteiger charge is -2.17. The van der Waals surface area contributed by atoms with Crippen molar-refractivity contribution < 1.29 is 9.59 Å². The summed E-state index contributed by atoms with van der Waals surface area (Å²) in [6.07, 6.45) is 0.297. The minimum Gasteiger partial charge on any atom is -0.366 e. The molecule has 2 aromatic carbocycles. The molecule has 2 aromatic rings. The molecule has 0 saturated carbocycles. The van der Waals surface area contributed by atoms with Crippen molar-refractivity contribution in [2.75, 3.05) is 4.90 Å². The summed E-state index contributed by atoms with van der Waals surface area (Å²) in [7, 11) is 0. The first-order chi connectivity index (χ1) is 9.16. The molecule has 19 heavy (non-hydrogen) atoms. The third kappa shape index (κ3) is 1.87. The molecule has 3 rings (SSSR count). The summed E-state index contributed by atoms with van der Waals surface area (Å²) >= 11 is 0. The second-order valence-electron chi connectivity index (χ2n) is 4.45. The molecule has 4 heteroatoms. The molecule has 0 radical (unpaired) electrons. The van der Waals surface area contributed by atoms with E-state index in [1.165, 1.54) is 0 Å². The third-order valence-electron chi connectivity index (χ3n) is 3.21. The molecule has 0 aliphatic carbocycles. The van der Waals surface area contributed by atoms with Gasteiger partial charge in [0.15, 0.2) is 0 Å². The maximum atomic E-state index is 12.1. The van der Waals surface area contributed by atoms with Crippen molar-refractivity contribution in [1.29, 1.82) is 0 Å². The summed E-state index contributed by atoms with van der Waals surface area (Å²) in [6, 6.07) is 14.6. The Bertz CT molecular complexity index is 665. The molecule has 4 nitrogen and oxygen atoms in total. The zero-order chi connectivity index (χ0) is 13.4. The fraction of sp³-hybridized carbons (Fsp3) is 0.0667. The van der Waals surface area contributed by atoms with E-state index in [-0.39, 0.29) is 5.91 Å². The van der Waals surface area contributed by atoms with Gasteiger partial charge in [-0.15, -0.1) is 0 Å². The molecular formula is C15H12N2O2. The van der Waals surface area contributed by atoms with Crippen molar-refractivity contribution >= 4 is 23.2 Å². The van der Waals surface area contributed by atoms with Gasteiger partial charge in [0.1, 0.15) is 0 Å². The monoisotopic (exact) mass is 252 g/mol. The number of nitrogens with zero attached hydrogens (tertiary/aromatic N) is 1. The molecule has 0 bridgehead atoms. The number of nitrogens with two attached hydrogens (primary N) is 1. The lowest BCUT2D eigenvalue weighted by molar-refractivity contribution is -0.116. The zero-order valence-electron chi connectivity index (χ0n) is 10.2. The molecule has 0 unspecified atom stereocenters. The van der Waals surface area contributed by atoms with Crippen LogP contribution in [0.15, 0.2) is 48.5 Å². The fourth-order valence-electron chi connectivity index (χ4n) is 2.33. The number of fused-ring (bicyclic) bond motifs is 1. The van der Waals surface area contributed by atoms with Gasteiger partial charge >= 0.3 is 0 Å². The highest BCUT2D eigenvalue weighted by Crippen LogP contribution is 2.35. The maximum Gasteiger partial charge on any atom is 0.248 e. The Hall–Kier alpha value is -2.62. The molecule has 94 valence electrons. The molecule has 1 heterocycles. The van der Waals surface area contributed by atoms with E-state index in [1.54, 1.807) is 23.1 Å². The topological polar surface area (TPSA) is 63.4 Å². The Labute approximate surface area is 110 Å². The minimum atomic E-state index is -0.478. The van der Waals surface area contributed by atoms with Crippen LogP contribution in [0.1, 0.15) is 15.9 Å². The molecular weight excluding hydrogens is 240 g/mol. The summed E-state index contributed by atoms with van der Waals surface area (Å²) in [5, 5.41) is 0. The number of carbonyl (C=O) groups excluding carboxylic acids is 2. The maximum absolute atomic E-state index is 12.1. The van der Waals surface area contributed by atoms with Gasteiger partial charge in [-0.25, -0.2) is 0 Å². The second kappa shape index (κ2) is 4.24. The molecule has 0 aromatic heterocycles. The summed E-state index contributed by atoms with van der Waals surface area (Å²) in [4.78, 5) is 24.9. The van der Waals surface area contributed by atoms with Crippen LogP contribution in [0.3, 0.4) is 0 Å². The summed E-state index contributed by atoms with van der Waals surface area (Å²) in [5.74, 6) is -0.476. The van der Waals surface area contributed by atoms with Gasteiger partial charge in [-0.2, -0.15) is 0 Å². The van der Waals surface area contributed by atoms with E-state index in [9.17, 15) is 9.59 Å². The van der Waals surface area contributed by atoms with Gasteiger partial charge in [-0.1, -0.05) is 18.2 Å². The van der Waals surface area contributed by atoms with Crippen molar-refractivity contribution in [3.05, 3.63) is 59.7 Å². The van der Waals surface area contributed by atoms with Gasteiger partial charge in [0, 0.05) is 11.3 Å². The van der Waals surface area contributed by atoms with Gasteiger partial charge < -0.3 is 5.73 Å². The first kappa shape index (κ1) is 11.5. The molecule has 0 saturated heterocycles. The van der Waals surface area contributed by atoms with E-state index in [0.717, 1.165) is 16.9 Å². The lowest BCUT2D eigenvalue weighted by atomic mass is 10.1. The number of carbonyl (C=O) groups is 2. The SMILES string of the molecule is NC(=O)c1ccc2c(c1)CC(=O)N2c1ccccc1. The van der Waals surface area contributed by atoms with E-state index in [4.69, 9.17) is 5.73 Å². The largest absolute Gasteiger partial charge is 0.366 e. The number of amides is 2. The lowest BCUT2D eigenvalue weighted by Crippen LogP contribution is -2.20. The zero-order valence-corrected chi connectivity index (χ0v) is 10.2. The Morgan fingerprint density at radius 3 is 2.53 bits per heavy atom. The molecule has 1 aliphatic rings. The van der Waals surface area contributed by atoms with Crippen molar-refractivity contribution in [1.82, 2.24) is 0 Å². The number of primary amides is 1. The minimum absolute atomic E-state index is 0.00261. The van der Waals surface area contributed by atoms with Crippen LogP contribution in [0.4, 0.5) is 11.4 Å². The number of hydrogen-bond donors (Lipinski definition) is 1. The van der Waals surface area contributed by atoms with Crippen molar-refractivity contribution in [3.8, 4) is 0 Å². The van der Waals surface area contributed by atoms with E-state index in [0.29, 0.717) is 12.0 Å². The van der Waals surface area contributed by atoms with Gasteiger partial charge in [0.25, 0.3) is 0 Å². The average Bonchev–Trinajstić information content (AvgIpc) is 2.74. The number of anilines is 2. The molecule has 2 N–H and O–H groups in total. The Balaban J connectivity index is 2.08. The number of para-hydroxylation sites is 1. The summed E-state index contributed by atoms with van der Waals surface area (Å²) < 4.78 is 0. The average molecular weight is 252 g/mol. The Morgan fingerprint density at radius 2 is 1.84 bits per heavy atom. The predicted octanol–water partition coefficient (Wildman–Crippen LogP) is 2.01. The highest BCUT2D eigenvalue weighted by atomic mass is 16.2. The van der Waals surface area contributed by atoms with Crippen LogP contribution < -0.4 is 10.6 Å². The normalized spacial score (nSPS) is 13.5. The summed E-state index contributed by atoms with van der Waals surface area (Å²) in [5.41, 5.74) is 8.17. The number of hydrogen-bond acceptors (Lipinski definition) is 2. The number of benzene rings is 2. The highest BCUT2D eigenvalue weighted by molar-refractivity contribution is 6.08. The standard InChI is InChI=1S/C15H12N2O2/c16-15(19)10-6-7-13-11(8-10)9-14(18)17(13)12-4-2-1-3-5-12/h1-8H,9H2,(H2,16,19). The van der Waals surface area contributed by atoms with Gasteiger partial charge in [-0.3, -0.25) is 14.5 Å². The second-order valence-corrected chi connectivity index (χ2v) is 4.45. The molecule has 1 aliphatic heterocycles. The third-order valence-corrected chi connectivity index (χ3v) is 3.21. The molecule has 0 atom stereocenters. The molecule has 2 amide bonds. The van der Waals surface area contributed by atoms with E-state index >= 15 is 0 Å². The Kier molecular flexibility index (Phi) is 2.56. The van der Waals surface area contributed by atoms with Crippen LogP contribution >= 0.6 is 0 Å². The Morgan fingerprint density at radius 1 is 1.11 bits per heavy atom. The quantitative estimate of drug-likeness (QED) is 0.888. The van der Waals surface area contributed by atoms with Gasteiger partial charge in [-0.05, 0) is 35.9 Å². The predicted molar refractivity (Wildman–Crippen MR) is 72.3 cm³/mol. The molecule has 0 fully saturated rings. The first-order valence-corrected chi connectivity index (χ1v) is 5.97. The number of rotatable bonds is 2. The van der Waals surface area contributed by atoms with E-state index in [1.807, 2.05) is 30.3 Å². The van der Waals surface area contributed by atoms with Crippen molar-refractivity contribution in [2.45, 2.75) is 6.42 Å². The van der Waals surface area contributed by atoms with Crippen LogP contribution in [0, 0.1) is 0 Å². The van der Waals surface area contributed by atoms with E-state index in [2.05, 4.69) is 0 Å².